The number of rotatable bonds is 7. The Balaban J connectivity index is 4.76. The lowest BCUT2D eigenvalue weighted by molar-refractivity contribution is -0.140. The van der Waals surface area contributed by atoms with Gasteiger partial charge in [-0.25, -0.2) is 0 Å². The zero-order chi connectivity index (χ0) is 13.7. The monoisotopic (exact) mass is 290 g/mol. The molecule has 0 saturated heterocycles. The van der Waals surface area contributed by atoms with Crippen molar-refractivity contribution >= 4 is 26.2 Å². The number of hydrogen-bond acceptors (Lipinski definition) is 7. The third-order valence-electron chi connectivity index (χ3n) is 1.75. The Hall–Kier alpha value is -0.710. The molecule has 1 atom stereocenters. The molecular weight excluding hydrogens is 276 g/mol. The Morgan fingerprint density at radius 2 is 1.82 bits per heavy atom. The van der Waals surface area contributed by atoms with E-state index in [4.69, 9.17) is 4.55 Å². The summed E-state index contributed by atoms with van der Waals surface area (Å²) in [6.45, 7) is 1.34. The maximum absolute atomic E-state index is 11.1. The van der Waals surface area contributed by atoms with Gasteiger partial charge in [0.05, 0.1) is 19.5 Å². The van der Waals surface area contributed by atoms with Crippen molar-refractivity contribution in [2.75, 3.05) is 19.5 Å². The van der Waals surface area contributed by atoms with Crippen molar-refractivity contribution in [2.24, 2.45) is 0 Å². The molecule has 0 fully saturated rings. The number of ether oxygens (including phenoxy) is 1. The first-order valence-electron chi connectivity index (χ1n) is 4.55. The highest BCUT2D eigenvalue weighted by Gasteiger charge is 2.33. The first-order valence-corrected chi connectivity index (χ1v) is 7.63. The van der Waals surface area contributed by atoms with Crippen LogP contribution in [0.1, 0.15) is 13.3 Å². The normalized spacial score (nSPS) is 14.3. The zero-order valence-electron chi connectivity index (χ0n) is 9.32. The maximum Gasteiger partial charge on any atom is 0.326 e. The molecule has 1 unspecified atom stereocenters. The summed E-state index contributed by atoms with van der Waals surface area (Å²) in [6, 6.07) is 0. The van der Waals surface area contributed by atoms with Crippen LogP contribution >= 0.6 is 0 Å². The van der Waals surface area contributed by atoms with Crippen LogP contribution in [0.5, 0.6) is 0 Å². The summed E-state index contributed by atoms with van der Waals surface area (Å²) in [6.07, 6.45) is -0.631. The molecule has 0 aliphatic heterocycles. The zero-order valence-corrected chi connectivity index (χ0v) is 11.0. The predicted octanol–water partition coefficient (Wildman–Crippen LogP) is -0.828. The number of methoxy groups -OCH3 is 1. The van der Waals surface area contributed by atoms with E-state index >= 15 is 0 Å². The Morgan fingerprint density at radius 3 is 2.18 bits per heavy atom. The molecule has 0 saturated carbocycles. The van der Waals surface area contributed by atoms with E-state index in [9.17, 15) is 21.6 Å². The van der Waals surface area contributed by atoms with Gasteiger partial charge in [0.25, 0.3) is 20.2 Å². The summed E-state index contributed by atoms with van der Waals surface area (Å²) < 4.78 is 61.1. The quantitative estimate of drug-likeness (QED) is 0.366. The molecule has 0 bridgehead atoms. The van der Waals surface area contributed by atoms with Gasteiger partial charge in [0.1, 0.15) is 0 Å². The van der Waals surface area contributed by atoms with E-state index in [-0.39, 0.29) is 6.61 Å². The molecule has 0 amide bonds. The molecule has 1 N–H and O–H groups in total. The highest BCUT2D eigenvalue weighted by Crippen LogP contribution is 2.09. The third kappa shape index (κ3) is 5.96. The van der Waals surface area contributed by atoms with Crippen molar-refractivity contribution < 1.29 is 35.1 Å². The van der Waals surface area contributed by atoms with Crippen LogP contribution < -0.4 is 0 Å². The smallest absolute Gasteiger partial charge is 0.326 e. The SMILES string of the molecule is CCOS(=O)(=O)CCC(C(=O)OC)S(=O)(=O)O. The molecule has 0 aromatic rings. The Kier molecular flexibility index (Phi) is 6.02. The number of hydrogen-bond donors (Lipinski definition) is 1. The maximum atomic E-state index is 11.1. The van der Waals surface area contributed by atoms with E-state index < -0.39 is 43.6 Å². The Bertz CT molecular complexity index is 448. The van der Waals surface area contributed by atoms with Gasteiger partial charge in [-0.3, -0.25) is 13.5 Å². The van der Waals surface area contributed by atoms with E-state index in [1.165, 1.54) is 6.92 Å². The molecule has 0 rings (SSSR count). The van der Waals surface area contributed by atoms with Crippen molar-refractivity contribution in [3.8, 4) is 0 Å². The van der Waals surface area contributed by atoms with E-state index in [2.05, 4.69) is 8.92 Å². The lowest BCUT2D eigenvalue weighted by Gasteiger charge is -2.11. The van der Waals surface area contributed by atoms with Gasteiger partial charge in [-0.05, 0) is 13.3 Å². The molecule has 0 aliphatic rings. The van der Waals surface area contributed by atoms with Crippen LogP contribution in [0.25, 0.3) is 0 Å². The van der Waals surface area contributed by atoms with E-state index in [0.29, 0.717) is 0 Å². The molecule has 17 heavy (non-hydrogen) atoms. The van der Waals surface area contributed by atoms with Gasteiger partial charge >= 0.3 is 5.97 Å². The van der Waals surface area contributed by atoms with Gasteiger partial charge in [0.15, 0.2) is 5.25 Å². The van der Waals surface area contributed by atoms with Crippen molar-refractivity contribution in [3.05, 3.63) is 0 Å². The molecule has 0 spiro atoms. The van der Waals surface area contributed by atoms with Crippen LogP contribution in [0.2, 0.25) is 0 Å². The lowest BCUT2D eigenvalue weighted by Crippen LogP contribution is -2.33. The summed E-state index contributed by atoms with van der Waals surface area (Å²) in [4.78, 5) is 11.0. The first kappa shape index (κ1) is 16.3. The van der Waals surface area contributed by atoms with Crippen LogP contribution in [-0.2, 0) is 34.0 Å². The van der Waals surface area contributed by atoms with E-state index in [0.717, 1.165) is 7.11 Å². The molecule has 0 aliphatic carbocycles. The molecule has 10 heteroatoms. The summed E-state index contributed by atoms with van der Waals surface area (Å²) in [5.41, 5.74) is 0. The topological polar surface area (TPSA) is 124 Å². The second-order valence-corrected chi connectivity index (χ2v) is 6.34. The Morgan fingerprint density at radius 1 is 1.29 bits per heavy atom. The molecule has 8 nitrogen and oxygen atoms in total. The number of carbonyl (C=O) groups excluding carboxylic acids is 1. The van der Waals surface area contributed by atoms with Crippen molar-refractivity contribution in [1.82, 2.24) is 0 Å². The number of esters is 1. The van der Waals surface area contributed by atoms with Crippen LogP contribution in [-0.4, -0.2) is 52.1 Å². The first-order chi connectivity index (χ1) is 7.64. The fraction of sp³-hybridized carbons (Fsp3) is 0.857. The standard InChI is InChI=1S/C7H14O8S2/c1-3-15-16(9,10)5-4-6(7(8)14-2)17(11,12)13/h6H,3-5H2,1-2H3,(H,11,12,13). The second kappa shape index (κ2) is 6.28. The fourth-order valence-electron chi connectivity index (χ4n) is 1.01. The fourth-order valence-corrected chi connectivity index (χ4v) is 2.92. The minimum absolute atomic E-state index is 0.100. The van der Waals surface area contributed by atoms with E-state index in [1.54, 1.807) is 0 Å². The van der Waals surface area contributed by atoms with Gasteiger partial charge in [-0.2, -0.15) is 16.8 Å². The average Bonchev–Trinajstić information content (AvgIpc) is 2.15. The molecular formula is C7H14O8S2. The largest absolute Gasteiger partial charge is 0.468 e. The lowest BCUT2D eigenvalue weighted by atomic mass is 10.3. The van der Waals surface area contributed by atoms with Crippen LogP contribution in [0.15, 0.2) is 0 Å². The van der Waals surface area contributed by atoms with Crippen LogP contribution in [0.4, 0.5) is 0 Å². The summed E-state index contributed by atoms with van der Waals surface area (Å²) >= 11 is 0. The van der Waals surface area contributed by atoms with Gasteiger partial charge in [-0.1, -0.05) is 0 Å². The van der Waals surface area contributed by atoms with Crippen molar-refractivity contribution in [3.63, 3.8) is 0 Å². The minimum atomic E-state index is -4.71. The van der Waals surface area contributed by atoms with Crippen molar-refractivity contribution in [2.45, 2.75) is 18.6 Å². The molecule has 0 aromatic carbocycles. The summed E-state index contributed by atoms with van der Waals surface area (Å²) in [5.74, 6) is -1.93. The van der Waals surface area contributed by atoms with E-state index in [1.807, 2.05) is 0 Å². The Labute approximate surface area is 99.8 Å². The van der Waals surface area contributed by atoms with Crippen molar-refractivity contribution in [1.29, 1.82) is 0 Å². The molecule has 0 aromatic heterocycles. The average molecular weight is 290 g/mol. The summed E-state index contributed by atoms with van der Waals surface area (Å²) in [7, 11) is -7.69. The molecule has 102 valence electrons. The van der Waals surface area contributed by atoms with Gasteiger partial charge in [0.2, 0.25) is 0 Å². The third-order valence-corrected chi connectivity index (χ3v) is 4.23. The van der Waals surface area contributed by atoms with Gasteiger partial charge < -0.3 is 4.74 Å². The van der Waals surface area contributed by atoms with Crippen LogP contribution in [0, 0.1) is 0 Å². The van der Waals surface area contributed by atoms with Crippen LogP contribution in [0.3, 0.4) is 0 Å². The minimum Gasteiger partial charge on any atom is -0.468 e. The highest BCUT2D eigenvalue weighted by molar-refractivity contribution is 7.88. The summed E-state index contributed by atoms with van der Waals surface area (Å²) in [5, 5.41) is -1.93. The highest BCUT2D eigenvalue weighted by atomic mass is 32.2. The number of carbonyl (C=O) groups is 1. The predicted molar refractivity (Wildman–Crippen MR) is 57.4 cm³/mol. The van der Waals surface area contributed by atoms with Gasteiger partial charge in [-0.15, -0.1) is 0 Å². The second-order valence-electron chi connectivity index (χ2n) is 2.98. The molecule has 0 heterocycles. The molecule has 0 radical (unpaired) electrons. The van der Waals surface area contributed by atoms with Gasteiger partial charge in [0, 0.05) is 0 Å².